The van der Waals surface area contributed by atoms with Gasteiger partial charge in [0.2, 0.25) is 0 Å². The Bertz CT molecular complexity index is 361. The van der Waals surface area contributed by atoms with Gasteiger partial charge in [0.1, 0.15) is 11.8 Å². The lowest BCUT2D eigenvalue weighted by atomic mass is 10.1. The lowest BCUT2D eigenvalue weighted by molar-refractivity contribution is -0.138. The second-order valence-electron chi connectivity index (χ2n) is 3.80. The topological polar surface area (TPSA) is 49.8 Å². The highest BCUT2D eigenvalue weighted by Crippen LogP contribution is 2.21. The Kier molecular flexibility index (Phi) is 4.82. The number of carboxylic acids is 1. The van der Waals surface area contributed by atoms with E-state index in [0.29, 0.717) is 13.0 Å². The molecular weight excluding hydrogens is 218 g/mol. The molecule has 1 atom stereocenters. The zero-order valence-corrected chi connectivity index (χ0v) is 10.5. The average Bonchev–Trinajstić information content (AvgIpc) is 2.30. The van der Waals surface area contributed by atoms with Gasteiger partial charge in [-0.05, 0) is 37.6 Å². The molecule has 0 unspecified atom stereocenters. The number of ether oxygens (including phenoxy) is 1. The molecule has 0 aliphatic rings. The van der Waals surface area contributed by atoms with Gasteiger partial charge < -0.3 is 14.7 Å². The molecule has 0 saturated heterocycles. The number of carboxylic acid groups (broad SMARTS) is 1. The molecule has 0 spiro atoms. The molecule has 0 aliphatic carbocycles. The van der Waals surface area contributed by atoms with Crippen LogP contribution in [0.3, 0.4) is 0 Å². The second kappa shape index (κ2) is 6.13. The summed E-state index contributed by atoms with van der Waals surface area (Å²) in [4.78, 5) is 12.8. The first kappa shape index (κ1) is 13.4. The lowest BCUT2D eigenvalue weighted by Crippen LogP contribution is -2.37. The van der Waals surface area contributed by atoms with Crippen LogP contribution in [0.4, 0.5) is 5.69 Å². The van der Waals surface area contributed by atoms with E-state index in [1.54, 1.807) is 11.9 Å². The number of hydrogen-bond acceptors (Lipinski definition) is 3. The SMILES string of the molecule is CCOc1ccc(N(C)[C@H](CC)C(=O)O)cc1. The molecule has 1 aromatic carbocycles. The Morgan fingerprint density at radius 3 is 2.35 bits per heavy atom. The first-order valence-corrected chi connectivity index (χ1v) is 5.78. The highest BCUT2D eigenvalue weighted by molar-refractivity contribution is 5.78. The molecule has 0 bridgehead atoms. The standard InChI is InChI=1S/C13H19NO3/c1-4-12(13(15)16)14(3)10-6-8-11(9-7-10)17-5-2/h6-9,12H,4-5H2,1-3H3,(H,15,16)/t12-/m1/s1. The summed E-state index contributed by atoms with van der Waals surface area (Å²) in [6.07, 6.45) is 0.568. The van der Waals surface area contributed by atoms with E-state index in [4.69, 9.17) is 9.84 Å². The first-order valence-electron chi connectivity index (χ1n) is 5.78. The summed E-state index contributed by atoms with van der Waals surface area (Å²) in [6.45, 7) is 4.42. The van der Waals surface area contributed by atoms with Crippen LogP contribution in [-0.2, 0) is 4.79 Å². The van der Waals surface area contributed by atoms with Crippen molar-refractivity contribution >= 4 is 11.7 Å². The molecule has 0 amide bonds. The lowest BCUT2D eigenvalue weighted by Gasteiger charge is -2.25. The van der Waals surface area contributed by atoms with Gasteiger partial charge in [-0.3, -0.25) is 0 Å². The van der Waals surface area contributed by atoms with Gasteiger partial charge in [0.15, 0.2) is 0 Å². The maximum atomic E-state index is 11.0. The highest BCUT2D eigenvalue weighted by atomic mass is 16.5. The maximum Gasteiger partial charge on any atom is 0.326 e. The summed E-state index contributed by atoms with van der Waals surface area (Å²) in [5.74, 6) is -0.00286. The van der Waals surface area contributed by atoms with Crippen LogP contribution in [0.5, 0.6) is 5.75 Å². The molecule has 0 aliphatic heterocycles. The minimum absolute atomic E-state index is 0.493. The van der Waals surface area contributed by atoms with Crippen LogP contribution in [0.1, 0.15) is 20.3 Å². The molecular formula is C13H19NO3. The molecule has 4 heteroatoms. The van der Waals surface area contributed by atoms with Crippen molar-refractivity contribution in [1.82, 2.24) is 0 Å². The van der Waals surface area contributed by atoms with Crippen molar-refractivity contribution in [3.05, 3.63) is 24.3 Å². The van der Waals surface area contributed by atoms with E-state index in [2.05, 4.69) is 0 Å². The van der Waals surface area contributed by atoms with Crippen LogP contribution in [0.15, 0.2) is 24.3 Å². The molecule has 1 rings (SSSR count). The van der Waals surface area contributed by atoms with Crippen LogP contribution in [0.25, 0.3) is 0 Å². The van der Waals surface area contributed by atoms with Gasteiger partial charge in [-0.15, -0.1) is 0 Å². The number of benzene rings is 1. The number of rotatable bonds is 6. The summed E-state index contributed by atoms with van der Waals surface area (Å²) < 4.78 is 5.34. The van der Waals surface area contributed by atoms with Crippen molar-refractivity contribution in [1.29, 1.82) is 0 Å². The fourth-order valence-electron chi connectivity index (χ4n) is 1.74. The fourth-order valence-corrected chi connectivity index (χ4v) is 1.74. The predicted octanol–water partition coefficient (Wildman–Crippen LogP) is 2.38. The van der Waals surface area contributed by atoms with Crippen molar-refractivity contribution in [3.8, 4) is 5.75 Å². The van der Waals surface area contributed by atoms with E-state index in [9.17, 15) is 4.79 Å². The summed E-state index contributed by atoms with van der Waals surface area (Å²) in [5, 5.41) is 9.08. The number of aliphatic carboxylic acids is 1. The Hall–Kier alpha value is -1.71. The van der Waals surface area contributed by atoms with Crippen molar-refractivity contribution in [2.24, 2.45) is 0 Å². The van der Waals surface area contributed by atoms with Crippen molar-refractivity contribution in [2.45, 2.75) is 26.3 Å². The third-order valence-electron chi connectivity index (χ3n) is 2.69. The highest BCUT2D eigenvalue weighted by Gasteiger charge is 2.20. The van der Waals surface area contributed by atoms with Crippen molar-refractivity contribution < 1.29 is 14.6 Å². The summed E-state index contributed by atoms with van der Waals surface area (Å²) in [7, 11) is 1.79. The second-order valence-corrected chi connectivity index (χ2v) is 3.80. The van der Waals surface area contributed by atoms with Gasteiger partial charge in [0.25, 0.3) is 0 Å². The molecule has 0 saturated carbocycles. The normalized spacial score (nSPS) is 11.9. The number of anilines is 1. The zero-order chi connectivity index (χ0) is 12.8. The van der Waals surface area contributed by atoms with E-state index in [1.807, 2.05) is 38.1 Å². The third-order valence-corrected chi connectivity index (χ3v) is 2.69. The summed E-state index contributed by atoms with van der Waals surface area (Å²) in [6, 6.07) is 6.95. The minimum atomic E-state index is -0.802. The fraction of sp³-hybridized carbons (Fsp3) is 0.462. The van der Waals surface area contributed by atoms with Crippen molar-refractivity contribution in [2.75, 3.05) is 18.6 Å². The predicted molar refractivity (Wildman–Crippen MR) is 67.7 cm³/mol. The van der Waals surface area contributed by atoms with Crippen LogP contribution in [0, 0.1) is 0 Å². The van der Waals surface area contributed by atoms with Gasteiger partial charge in [0.05, 0.1) is 6.61 Å². The van der Waals surface area contributed by atoms with E-state index in [1.165, 1.54) is 0 Å². The van der Waals surface area contributed by atoms with Crippen LogP contribution < -0.4 is 9.64 Å². The van der Waals surface area contributed by atoms with E-state index in [-0.39, 0.29) is 0 Å². The number of carbonyl (C=O) groups is 1. The molecule has 0 radical (unpaired) electrons. The van der Waals surface area contributed by atoms with Crippen LogP contribution >= 0.6 is 0 Å². The summed E-state index contributed by atoms with van der Waals surface area (Å²) >= 11 is 0. The molecule has 94 valence electrons. The van der Waals surface area contributed by atoms with E-state index >= 15 is 0 Å². The average molecular weight is 237 g/mol. The molecule has 1 N–H and O–H groups in total. The zero-order valence-electron chi connectivity index (χ0n) is 10.5. The van der Waals surface area contributed by atoms with Crippen LogP contribution in [0.2, 0.25) is 0 Å². The van der Waals surface area contributed by atoms with Gasteiger partial charge >= 0.3 is 5.97 Å². The Morgan fingerprint density at radius 2 is 1.94 bits per heavy atom. The first-order chi connectivity index (χ1) is 8.10. The van der Waals surface area contributed by atoms with Gasteiger partial charge in [0, 0.05) is 12.7 Å². The molecule has 0 aromatic heterocycles. The van der Waals surface area contributed by atoms with E-state index in [0.717, 1.165) is 11.4 Å². The molecule has 0 heterocycles. The largest absolute Gasteiger partial charge is 0.494 e. The quantitative estimate of drug-likeness (QED) is 0.825. The number of nitrogens with zero attached hydrogens (tertiary/aromatic N) is 1. The molecule has 4 nitrogen and oxygen atoms in total. The Morgan fingerprint density at radius 1 is 1.35 bits per heavy atom. The Labute approximate surface area is 102 Å². The summed E-state index contributed by atoms with van der Waals surface area (Å²) in [5.41, 5.74) is 0.878. The molecule has 0 fully saturated rings. The van der Waals surface area contributed by atoms with E-state index < -0.39 is 12.0 Å². The molecule has 1 aromatic rings. The van der Waals surface area contributed by atoms with Gasteiger partial charge in [-0.2, -0.15) is 0 Å². The monoisotopic (exact) mass is 237 g/mol. The smallest absolute Gasteiger partial charge is 0.326 e. The van der Waals surface area contributed by atoms with Gasteiger partial charge in [-0.1, -0.05) is 6.92 Å². The Balaban J connectivity index is 2.81. The third kappa shape index (κ3) is 3.37. The van der Waals surface area contributed by atoms with Crippen LogP contribution in [-0.4, -0.2) is 30.8 Å². The number of hydrogen-bond donors (Lipinski definition) is 1. The molecule has 17 heavy (non-hydrogen) atoms. The van der Waals surface area contributed by atoms with Gasteiger partial charge in [-0.25, -0.2) is 4.79 Å². The number of likely N-dealkylation sites (N-methyl/N-ethyl adjacent to an activating group) is 1. The van der Waals surface area contributed by atoms with Crippen molar-refractivity contribution in [3.63, 3.8) is 0 Å². The minimum Gasteiger partial charge on any atom is -0.494 e. The maximum absolute atomic E-state index is 11.0.